The van der Waals surface area contributed by atoms with Gasteiger partial charge in [0.05, 0.1) is 28.8 Å². The van der Waals surface area contributed by atoms with Crippen molar-refractivity contribution in [2.24, 2.45) is 0 Å². The van der Waals surface area contributed by atoms with E-state index in [4.69, 9.17) is 0 Å². The summed E-state index contributed by atoms with van der Waals surface area (Å²) < 4.78 is 120. The largest absolute Gasteiger partial charge is 0.416 e. The lowest BCUT2D eigenvalue weighted by molar-refractivity contribution is -0.144. The third kappa shape index (κ3) is 7.37. The molecule has 0 N–H and O–H groups in total. The van der Waals surface area contributed by atoms with Crippen molar-refractivity contribution in [1.29, 1.82) is 0 Å². The van der Waals surface area contributed by atoms with Crippen LogP contribution in [-0.4, -0.2) is 98.0 Å². The average molecular weight is 667 g/mol. The second-order valence-electron chi connectivity index (χ2n) is 11.9. The van der Waals surface area contributed by atoms with Crippen LogP contribution in [0.15, 0.2) is 42.5 Å². The van der Waals surface area contributed by atoms with Gasteiger partial charge < -0.3 is 14.7 Å². The van der Waals surface area contributed by atoms with E-state index < -0.39 is 74.2 Å². The normalized spacial score (nSPS) is 20.4. The molecule has 2 heterocycles. The van der Waals surface area contributed by atoms with Gasteiger partial charge in [0.25, 0.3) is 0 Å². The molecule has 3 amide bonds. The zero-order valence-electron chi connectivity index (χ0n) is 24.9. The van der Waals surface area contributed by atoms with Gasteiger partial charge in [-0.15, -0.1) is 0 Å². The molecule has 0 unspecified atom stereocenters. The highest BCUT2D eigenvalue weighted by Crippen LogP contribution is 2.40. The van der Waals surface area contributed by atoms with E-state index in [9.17, 15) is 48.7 Å². The maximum atomic E-state index is 13.9. The number of nitrogens with zero attached hydrogens (tertiary/aromatic N) is 4. The first-order valence-corrected chi connectivity index (χ1v) is 15.8. The Morgan fingerprint density at radius 3 is 1.76 bits per heavy atom. The average Bonchev–Trinajstić information content (AvgIpc) is 3.40. The molecule has 4 rings (SSSR count). The first-order valence-electron chi connectivity index (χ1n) is 13.9. The topological polar surface area (TPSA) is 81.2 Å². The SMILES string of the molecule is CN(C(=O)C(C)(C)c1cc(C(F)(F)F)cc(C(F)(F)F)c1)[C@H]1CN(C(=O)N2CCN(S(C)(=O)=O)CC2)C[C@@H]1c1ccc(F)cc1. The number of hydrogen-bond donors (Lipinski definition) is 0. The molecule has 0 aliphatic carbocycles. The number of benzene rings is 2. The highest BCUT2D eigenvalue weighted by atomic mass is 32.2. The Hall–Kier alpha value is -3.40. The van der Waals surface area contributed by atoms with E-state index in [2.05, 4.69) is 0 Å². The number of amides is 3. The lowest BCUT2D eigenvalue weighted by Gasteiger charge is -2.37. The first-order chi connectivity index (χ1) is 20.6. The molecule has 0 spiro atoms. The van der Waals surface area contributed by atoms with E-state index in [1.807, 2.05) is 0 Å². The molecule has 2 aromatic carbocycles. The van der Waals surface area contributed by atoms with Gasteiger partial charge in [0, 0.05) is 52.2 Å². The van der Waals surface area contributed by atoms with Gasteiger partial charge in [-0.05, 0) is 55.3 Å². The van der Waals surface area contributed by atoms with Crippen LogP contribution in [0.2, 0.25) is 0 Å². The van der Waals surface area contributed by atoms with E-state index in [0.29, 0.717) is 17.7 Å². The zero-order chi connectivity index (χ0) is 33.7. The van der Waals surface area contributed by atoms with Crippen molar-refractivity contribution in [3.05, 3.63) is 70.5 Å². The summed E-state index contributed by atoms with van der Waals surface area (Å²) in [4.78, 5) is 31.6. The lowest BCUT2D eigenvalue weighted by Crippen LogP contribution is -2.54. The Kier molecular flexibility index (Phi) is 9.25. The van der Waals surface area contributed by atoms with Gasteiger partial charge >= 0.3 is 18.4 Å². The molecule has 45 heavy (non-hydrogen) atoms. The highest BCUT2D eigenvalue weighted by molar-refractivity contribution is 7.88. The number of halogens is 7. The molecule has 0 bridgehead atoms. The van der Waals surface area contributed by atoms with Crippen LogP contribution in [0.5, 0.6) is 0 Å². The summed E-state index contributed by atoms with van der Waals surface area (Å²) in [7, 11) is -2.09. The van der Waals surface area contributed by atoms with Gasteiger partial charge in [-0.25, -0.2) is 17.6 Å². The third-order valence-corrected chi connectivity index (χ3v) is 9.80. The van der Waals surface area contributed by atoms with Crippen LogP contribution in [0, 0.1) is 5.82 Å². The van der Waals surface area contributed by atoms with Crippen LogP contribution in [0.4, 0.5) is 35.5 Å². The van der Waals surface area contributed by atoms with Crippen LogP contribution >= 0.6 is 0 Å². The monoisotopic (exact) mass is 666 g/mol. The molecule has 0 radical (unpaired) electrons. The maximum absolute atomic E-state index is 13.9. The van der Waals surface area contributed by atoms with Gasteiger partial charge in [-0.1, -0.05) is 12.1 Å². The van der Waals surface area contributed by atoms with Crippen molar-refractivity contribution in [3.8, 4) is 0 Å². The minimum atomic E-state index is -5.10. The molecule has 2 fully saturated rings. The third-order valence-electron chi connectivity index (χ3n) is 8.50. The molecular weight excluding hydrogens is 633 g/mol. The van der Waals surface area contributed by atoms with Gasteiger partial charge in [0.1, 0.15) is 5.82 Å². The molecule has 8 nitrogen and oxygen atoms in total. The van der Waals surface area contributed by atoms with Gasteiger partial charge in [-0.3, -0.25) is 4.79 Å². The second kappa shape index (κ2) is 12.1. The van der Waals surface area contributed by atoms with Crippen LogP contribution in [0.25, 0.3) is 0 Å². The summed E-state index contributed by atoms with van der Waals surface area (Å²) in [5, 5.41) is 0. The van der Waals surface area contributed by atoms with Crippen LogP contribution in [-0.2, 0) is 32.6 Å². The number of likely N-dealkylation sites (N-methyl/N-ethyl adjacent to an activating group) is 1. The van der Waals surface area contributed by atoms with E-state index in [0.717, 1.165) is 6.26 Å². The number of hydrogen-bond acceptors (Lipinski definition) is 4. The summed E-state index contributed by atoms with van der Waals surface area (Å²) in [5.41, 5.74) is -4.88. The quantitative estimate of drug-likeness (QED) is 0.431. The zero-order valence-corrected chi connectivity index (χ0v) is 25.7. The second-order valence-corrected chi connectivity index (χ2v) is 13.9. The van der Waals surface area contributed by atoms with E-state index in [1.165, 1.54) is 64.2 Å². The Morgan fingerprint density at radius 2 is 1.29 bits per heavy atom. The van der Waals surface area contributed by atoms with Crippen molar-refractivity contribution in [3.63, 3.8) is 0 Å². The summed E-state index contributed by atoms with van der Waals surface area (Å²) in [6.45, 7) is 2.91. The molecule has 0 aromatic heterocycles. The van der Waals surface area contributed by atoms with Crippen LogP contribution in [0.3, 0.4) is 0 Å². The Bertz CT molecular complexity index is 1500. The first kappa shape index (κ1) is 34.5. The molecule has 2 aromatic rings. The molecule has 248 valence electrons. The molecule has 16 heteroatoms. The number of sulfonamides is 1. The standard InChI is InChI=1S/C29H33F7N4O4S/c1-27(2,19-13-20(28(31,32)33)15-21(14-19)29(34,35)36)25(41)37(3)24-17-39(16-23(24)18-5-7-22(30)8-6-18)26(42)38-9-11-40(12-10-38)45(4,43)44/h5-8,13-15,23-24H,9-12,16-17H2,1-4H3/t23-,24+/m1/s1. The highest BCUT2D eigenvalue weighted by Gasteiger charge is 2.46. The van der Waals surface area contributed by atoms with Crippen molar-refractivity contribution < 1.29 is 48.7 Å². The predicted octanol–water partition coefficient (Wildman–Crippen LogP) is 4.76. The van der Waals surface area contributed by atoms with Crippen molar-refractivity contribution in [2.75, 3.05) is 52.6 Å². The van der Waals surface area contributed by atoms with Gasteiger partial charge in [0.15, 0.2) is 0 Å². The van der Waals surface area contributed by atoms with Crippen molar-refractivity contribution in [2.45, 2.75) is 43.6 Å². The summed E-state index contributed by atoms with van der Waals surface area (Å²) >= 11 is 0. The van der Waals surface area contributed by atoms with Crippen molar-refractivity contribution in [1.82, 2.24) is 19.0 Å². The van der Waals surface area contributed by atoms with Crippen LogP contribution < -0.4 is 0 Å². The summed E-state index contributed by atoms with van der Waals surface area (Å²) in [5.74, 6) is -1.90. The van der Waals surface area contributed by atoms with Gasteiger partial charge in [-0.2, -0.15) is 30.6 Å². The molecule has 2 saturated heterocycles. The number of urea groups is 1. The van der Waals surface area contributed by atoms with Crippen LogP contribution in [0.1, 0.15) is 42.0 Å². The Balaban J connectivity index is 1.64. The minimum absolute atomic E-state index is 0.00542. The maximum Gasteiger partial charge on any atom is 0.416 e. The fourth-order valence-electron chi connectivity index (χ4n) is 5.81. The molecule has 2 aliphatic rings. The lowest BCUT2D eigenvalue weighted by atomic mass is 9.80. The number of carbonyl (C=O) groups is 2. The Morgan fingerprint density at radius 1 is 0.800 bits per heavy atom. The molecular formula is C29H33F7N4O4S. The number of rotatable bonds is 5. The summed E-state index contributed by atoms with van der Waals surface area (Å²) in [6.07, 6.45) is -9.14. The molecule has 0 saturated carbocycles. The van der Waals surface area contributed by atoms with Crippen molar-refractivity contribution >= 4 is 22.0 Å². The fraction of sp³-hybridized carbons (Fsp3) is 0.517. The van der Waals surface area contributed by atoms with E-state index >= 15 is 0 Å². The molecule has 2 aliphatic heterocycles. The number of alkyl halides is 6. The number of likely N-dealkylation sites (tertiary alicyclic amines) is 1. The predicted molar refractivity (Wildman–Crippen MR) is 150 cm³/mol. The van der Waals surface area contributed by atoms with E-state index in [-0.39, 0.29) is 45.3 Å². The van der Waals surface area contributed by atoms with E-state index in [1.54, 1.807) is 0 Å². The summed E-state index contributed by atoms with van der Waals surface area (Å²) in [6, 6.07) is 5.21. The Labute approximate surface area is 256 Å². The van der Waals surface area contributed by atoms with Gasteiger partial charge in [0.2, 0.25) is 15.9 Å². The smallest absolute Gasteiger partial charge is 0.340 e. The number of carbonyl (C=O) groups excluding carboxylic acids is 2. The number of piperazine rings is 1. The fourth-order valence-corrected chi connectivity index (χ4v) is 6.64. The molecule has 2 atom stereocenters. The minimum Gasteiger partial charge on any atom is -0.340 e.